The molecule has 1 heterocycles. The van der Waals surface area contributed by atoms with E-state index >= 15 is 0 Å². The molecule has 1 N–H and O–H groups in total. The number of hydrogen-bond acceptors (Lipinski definition) is 2. The molecule has 1 aromatic rings. The van der Waals surface area contributed by atoms with Crippen LogP contribution >= 0.6 is 0 Å². The lowest BCUT2D eigenvalue weighted by Crippen LogP contribution is -2.46. The average Bonchev–Trinajstić information content (AvgIpc) is 2.40. The largest absolute Gasteiger partial charge is 0.373 e. The third-order valence-electron chi connectivity index (χ3n) is 3.89. The lowest BCUT2D eigenvalue weighted by molar-refractivity contribution is -0.0898. The van der Waals surface area contributed by atoms with Crippen molar-refractivity contribution in [1.29, 1.82) is 0 Å². The van der Waals surface area contributed by atoms with Crippen LogP contribution in [0.15, 0.2) is 24.3 Å². The summed E-state index contributed by atoms with van der Waals surface area (Å²) in [5.74, 6) is -0.180. The molecule has 0 radical (unpaired) electrons. The predicted octanol–water partition coefficient (Wildman–Crippen LogP) is 3.83. The molecule has 2 nitrogen and oxygen atoms in total. The molecule has 1 aliphatic rings. The molecule has 0 amide bonds. The van der Waals surface area contributed by atoms with E-state index in [0.29, 0.717) is 0 Å². The number of hydrogen-bond donors (Lipinski definition) is 1. The van der Waals surface area contributed by atoms with Crippen molar-refractivity contribution in [1.82, 2.24) is 5.32 Å². The van der Waals surface area contributed by atoms with E-state index in [9.17, 15) is 4.39 Å². The molecular formula is C16H24FNO. The first kappa shape index (κ1) is 14.5. The van der Waals surface area contributed by atoms with Crippen molar-refractivity contribution in [2.24, 2.45) is 0 Å². The summed E-state index contributed by atoms with van der Waals surface area (Å²) >= 11 is 0. The van der Waals surface area contributed by atoms with E-state index in [0.717, 1.165) is 38.0 Å². The molecule has 1 fully saturated rings. The van der Waals surface area contributed by atoms with E-state index in [2.05, 4.69) is 19.2 Å². The SMILES string of the molecule is CCCNC(c1cccc(F)c1)C1(C)CCCCO1. The molecule has 2 rings (SSSR count). The van der Waals surface area contributed by atoms with Gasteiger partial charge in [-0.15, -0.1) is 0 Å². The Balaban J connectivity index is 2.24. The van der Waals surface area contributed by atoms with Crippen LogP contribution in [-0.2, 0) is 4.74 Å². The van der Waals surface area contributed by atoms with Gasteiger partial charge in [0.2, 0.25) is 0 Å². The van der Waals surface area contributed by atoms with Crippen LogP contribution in [0.2, 0.25) is 0 Å². The monoisotopic (exact) mass is 265 g/mol. The van der Waals surface area contributed by atoms with Gasteiger partial charge in [-0.2, -0.15) is 0 Å². The van der Waals surface area contributed by atoms with E-state index < -0.39 is 0 Å². The molecule has 3 heteroatoms. The first-order chi connectivity index (χ1) is 9.15. The van der Waals surface area contributed by atoms with Gasteiger partial charge in [0.25, 0.3) is 0 Å². The summed E-state index contributed by atoms with van der Waals surface area (Å²) in [4.78, 5) is 0. The molecule has 19 heavy (non-hydrogen) atoms. The van der Waals surface area contributed by atoms with Gasteiger partial charge in [0, 0.05) is 6.61 Å². The third-order valence-corrected chi connectivity index (χ3v) is 3.89. The normalized spacial score (nSPS) is 25.2. The second kappa shape index (κ2) is 6.49. The number of nitrogens with one attached hydrogen (secondary N) is 1. The van der Waals surface area contributed by atoms with E-state index in [-0.39, 0.29) is 17.5 Å². The molecule has 2 atom stereocenters. The van der Waals surface area contributed by atoms with Gasteiger partial charge in [0.1, 0.15) is 5.82 Å². The summed E-state index contributed by atoms with van der Waals surface area (Å²) < 4.78 is 19.5. The molecule has 0 saturated carbocycles. The quantitative estimate of drug-likeness (QED) is 0.873. The summed E-state index contributed by atoms with van der Waals surface area (Å²) in [5, 5.41) is 3.53. The Hall–Kier alpha value is -0.930. The van der Waals surface area contributed by atoms with Gasteiger partial charge >= 0.3 is 0 Å². The summed E-state index contributed by atoms with van der Waals surface area (Å²) in [6.45, 7) is 6.00. The Bertz CT molecular complexity index is 401. The number of ether oxygens (including phenoxy) is 1. The van der Waals surface area contributed by atoms with Gasteiger partial charge in [-0.3, -0.25) is 0 Å². The number of benzene rings is 1. The van der Waals surface area contributed by atoms with E-state index in [4.69, 9.17) is 4.74 Å². The summed E-state index contributed by atoms with van der Waals surface area (Å²) in [6.07, 6.45) is 4.38. The van der Waals surface area contributed by atoms with Crippen molar-refractivity contribution in [2.45, 2.75) is 51.2 Å². The molecule has 0 bridgehead atoms. The van der Waals surface area contributed by atoms with Crippen LogP contribution in [0.3, 0.4) is 0 Å². The molecule has 1 aliphatic heterocycles. The minimum atomic E-state index is -0.235. The van der Waals surface area contributed by atoms with Gasteiger partial charge in [-0.05, 0) is 56.8 Å². The summed E-state index contributed by atoms with van der Waals surface area (Å²) in [7, 11) is 0. The van der Waals surface area contributed by atoms with Crippen LogP contribution in [0.5, 0.6) is 0 Å². The molecule has 1 aromatic carbocycles. The highest BCUT2D eigenvalue weighted by Gasteiger charge is 2.37. The molecule has 106 valence electrons. The van der Waals surface area contributed by atoms with Crippen molar-refractivity contribution in [3.8, 4) is 0 Å². The molecule has 2 unspecified atom stereocenters. The maximum atomic E-state index is 13.5. The van der Waals surface area contributed by atoms with Gasteiger partial charge in [-0.25, -0.2) is 4.39 Å². The minimum absolute atomic E-state index is 0.0587. The van der Waals surface area contributed by atoms with Crippen LogP contribution in [0, 0.1) is 5.82 Å². The Morgan fingerprint density at radius 3 is 2.89 bits per heavy atom. The zero-order valence-electron chi connectivity index (χ0n) is 11.9. The molecule has 0 aromatic heterocycles. The first-order valence-corrected chi connectivity index (χ1v) is 7.28. The van der Waals surface area contributed by atoms with Crippen LogP contribution in [0.1, 0.15) is 51.1 Å². The summed E-state index contributed by atoms with van der Waals surface area (Å²) in [5.41, 5.74) is 0.749. The van der Waals surface area contributed by atoms with Crippen LogP contribution in [0.4, 0.5) is 4.39 Å². The second-order valence-electron chi connectivity index (χ2n) is 5.56. The van der Waals surface area contributed by atoms with E-state index in [1.165, 1.54) is 12.5 Å². The van der Waals surface area contributed by atoms with Crippen LogP contribution in [0.25, 0.3) is 0 Å². The maximum Gasteiger partial charge on any atom is 0.123 e. The third kappa shape index (κ3) is 3.54. The summed E-state index contributed by atoms with van der Waals surface area (Å²) in [6, 6.07) is 6.93. The van der Waals surface area contributed by atoms with Crippen LogP contribution in [-0.4, -0.2) is 18.8 Å². The van der Waals surface area contributed by atoms with Crippen molar-refractivity contribution >= 4 is 0 Å². The molecular weight excluding hydrogens is 241 g/mol. The fourth-order valence-corrected chi connectivity index (χ4v) is 2.84. The zero-order valence-corrected chi connectivity index (χ0v) is 11.9. The maximum absolute atomic E-state index is 13.5. The minimum Gasteiger partial charge on any atom is -0.373 e. The molecule has 0 spiro atoms. The lowest BCUT2D eigenvalue weighted by atomic mass is 9.84. The van der Waals surface area contributed by atoms with Crippen molar-refractivity contribution < 1.29 is 9.13 Å². The van der Waals surface area contributed by atoms with E-state index in [1.54, 1.807) is 12.1 Å². The topological polar surface area (TPSA) is 21.3 Å². The van der Waals surface area contributed by atoms with Crippen molar-refractivity contribution in [3.05, 3.63) is 35.6 Å². The highest BCUT2D eigenvalue weighted by Crippen LogP contribution is 2.36. The molecule has 0 aliphatic carbocycles. The first-order valence-electron chi connectivity index (χ1n) is 7.28. The van der Waals surface area contributed by atoms with E-state index in [1.807, 2.05) is 6.07 Å². The second-order valence-corrected chi connectivity index (χ2v) is 5.56. The standard InChI is InChI=1S/C16H24FNO/c1-3-10-18-15(13-7-6-8-14(17)12-13)16(2)9-4-5-11-19-16/h6-8,12,15,18H,3-5,9-11H2,1-2H3. The highest BCUT2D eigenvalue weighted by molar-refractivity contribution is 5.23. The highest BCUT2D eigenvalue weighted by atomic mass is 19.1. The predicted molar refractivity (Wildman–Crippen MR) is 75.6 cm³/mol. The van der Waals surface area contributed by atoms with Crippen molar-refractivity contribution in [3.63, 3.8) is 0 Å². The lowest BCUT2D eigenvalue weighted by Gasteiger charge is -2.41. The van der Waals surface area contributed by atoms with Gasteiger partial charge in [-0.1, -0.05) is 19.1 Å². The zero-order chi connectivity index (χ0) is 13.7. The average molecular weight is 265 g/mol. The Labute approximate surface area is 115 Å². The smallest absolute Gasteiger partial charge is 0.123 e. The Morgan fingerprint density at radius 2 is 2.26 bits per heavy atom. The van der Waals surface area contributed by atoms with Crippen molar-refractivity contribution in [2.75, 3.05) is 13.2 Å². The fraction of sp³-hybridized carbons (Fsp3) is 0.625. The Kier molecular flexibility index (Phi) is 4.94. The fourth-order valence-electron chi connectivity index (χ4n) is 2.84. The number of halogens is 1. The van der Waals surface area contributed by atoms with Crippen LogP contribution < -0.4 is 5.32 Å². The van der Waals surface area contributed by atoms with Gasteiger partial charge < -0.3 is 10.1 Å². The number of rotatable bonds is 5. The van der Waals surface area contributed by atoms with Gasteiger partial charge in [0.15, 0.2) is 0 Å². The van der Waals surface area contributed by atoms with Gasteiger partial charge in [0.05, 0.1) is 11.6 Å². The molecule has 1 saturated heterocycles. The Morgan fingerprint density at radius 1 is 1.42 bits per heavy atom.